The molecule has 18 heavy (non-hydrogen) atoms. The Bertz CT molecular complexity index is 130. The van der Waals surface area contributed by atoms with Crippen LogP contribution in [0.1, 0.15) is 0 Å². The van der Waals surface area contributed by atoms with E-state index in [1.165, 1.54) is 0 Å². The minimum absolute atomic E-state index is 0.346. The van der Waals surface area contributed by atoms with Crippen molar-refractivity contribution in [2.45, 2.75) is 0 Å². The Kier molecular flexibility index (Phi) is 1770. The van der Waals surface area contributed by atoms with E-state index in [-0.39, 0.29) is 30.3 Å². The first-order valence-electron chi connectivity index (χ1n) is 1.76. The van der Waals surface area contributed by atoms with E-state index in [1.54, 1.807) is 0 Å². The van der Waals surface area contributed by atoms with Crippen molar-refractivity contribution in [3.8, 4) is 0 Å². The molecule has 0 N–H and O–H groups in total. The summed E-state index contributed by atoms with van der Waals surface area (Å²) in [6, 6.07) is 0. The van der Waals surface area contributed by atoms with Gasteiger partial charge in [0.1, 0.15) is 0 Å². The molecule has 0 amide bonds. The topological polar surface area (TPSA) is 119 Å². The van der Waals surface area contributed by atoms with E-state index < -0.39 is 0 Å². The van der Waals surface area contributed by atoms with Crippen molar-refractivity contribution in [2.75, 3.05) is 0 Å². The second-order valence-corrected chi connectivity index (χ2v) is 5.38. The number of rotatable bonds is 0. The van der Waals surface area contributed by atoms with Crippen LogP contribution in [-0.2, 0) is 58.2 Å². The molecule has 0 aliphatic heterocycles. The molecule has 0 radical (unpaired) electrons. The van der Waals surface area contributed by atoms with Crippen molar-refractivity contribution in [1.29, 1.82) is 0 Å². The van der Waals surface area contributed by atoms with Crippen LogP contribution in [0, 0.1) is 39.9 Å². The summed E-state index contributed by atoms with van der Waals surface area (Å²) in [5.41, 5.74) is 0. The van der Waals surface area contributed by atoms with Crippen LogP contribution in [0.5, 0.6) is 0 Å². The molecule has 0 aliphatic rings. The van der Waals surface area contributed by atoms with Gasteiger partial charge in [0.05, 0.1) is 0 Å². The van der Waals surface area contributed by atoms with Crippen molar-refractivity contribution in [1.82, 2.24) is 0 Å². The quantitative estimate of drug-likeness (QED) is 0.270. The van der Waals surface area contributed by atoms with Gasteiger partial charge in [0.2, 0.25) is 0 Å². The molecule has 104 valence electrons. The molecule has 6 nitrogen and oxygen atoms in total. The molecule has 0 aromatic heterocycles. The van der Waals surface area contributed by atoms with Crippen LogP contribution in [0.4, 0.5) is 0 Å². The van der Waals surface area contributed by atoms with Crippen molar-refractivity contribution < 1.29 is 58.2 Å². The minimum atomic E-state index is -0.346. The van der Waals surface area contributed by atoms with Crippen LogP contribution in [-0.4, -0.2) is 0 Å². The Morgan fingerprint density at radius 3 is 0.389 bits per heavy atom. The van der Waals surface area contributed by atoms with Crippen LogP contribution in [0.2, 0.25) is 0 Å². The van der Waals surface area contributed by atoms with Gasteiger partial charge in [-0.3, -0.25) is 0 Å². The van der Waals surface area contributed by atoms with Crippen LogP contribution in [0.3, 0.4) is 0 Å². The summed E-state index contributed by atoms with van der Waals surface area (Å²) >= 11 is -0.691. The van der Waals surface area contributed by atoms with E-state index in [4.69, 9.17) is 66.7 Å². The number of hydrogen-bond acceptors (Lipinski definition) is 0. The van der Waals surface area contributed by atoms with Crippen LogP contribution >= 0.6 is 38.8 Å². The Morgan fingerprint density at radius 2 is 0.389 bits per heavy atom. The van der Waals surface area contributed by atoms with E-state index >= 15 is 0 Å². The molecule has 0 atom stereocenters. The average molecular weight is 512 g/mol. The van der Waals surface area contributed by atoms with E-state index in [1.807, 2.05) is 0 Å². The third-order valence-electron chi connectivity index (χ3n) is 0. The zero-order valence-corrected chi connectivity index (χ0v) is 14.2. The van der Waals surface area contributed by atoms with Crippen molar-refractivity contribution in [3.05, 3.63) is 39.9 Å². The van der Waals surface area contributed by atoms with Crippen molar-refractivity contribution >= 4 is 38.8 Å². The van der Waals surface area contributed by atoms with Gasteiger partial charge in [0, 0.05) is 0 Å². The molecular weight excluding hydrogens is 512 g/mol. The second kappa shape index (κ2) is 625. The fourth-order valence-electron chi connectivity index (χ4n) is 0. The van der Waals surface area contributed by atoms with Crippen molar-refractivity contribution in [3.63, 3.8) is 0 Å². The molecule has 12 heteroatoms. The summed E-state index contributed by atoms with van der Waals surface area (Å²) in [6.45, 7) is 27.0. The normalized spacial score (nSPS) is 3.11. The molecule has 0 saturated heterocycles. The summed E-state index contributed by atoms with van der Waals surface area (Å²) in [6.07, 6.45) is 0. The molecule has 0 unspecified atom stereocenters. The van der Waals surface area contributed by atoms with E-state index in [0.717, 1.165) is 0 Å². The molecule has 0 aromatic carbocycles. The summed E-state index contributed by atoms with van der Waals surface area (Å²) in [7, 11) is 19.4. The van der Waals surface area contributed by atoms with Gasteiger partial charge in [0.15, 0.2) is 0 Å². The zero-order chi connectivity index (χ0) is 17.4. The Labute approximate surface area is 136 Å². The molecule has 0 spiro atoms. The maximum atomic E-state index is 7.50. The summed E-state index contributed by atoms with van der Waals surface area (Å²) < 4.78 is 45.0. The van der Waals surface area contributed by atoms with Crippen LogP contribution in [0.15, 0.2) is 0 Å². The van der Waals surface area contributed by atoms with Gasteiger partial charge in [-0.05, 0) is 0 Å². The van der Waals surface area contributed by atoms with Gasteiger partial charge in [-0.15, -0.1) is 0 Å². The predicted octanol–water partition coefficient (Wildman–Crippen LogP) is 2.53. The average Bonchev–Trinajstić information content (AvgIpc) is 2.52. The van der Waals surface area contributed by atoms with Gasteiger partial charge in [-0.25, -0.2) is 0 Å². The van der Waals surface area contributed by atoms with Gasteiger partial charge in [0.25, 0.3) is 0 Å². The fourth-order valence-corrected chi connectivity index (χ4v) is 0. The summed E-state index contributed by atoms with van der Waals surface area (Å²) in [4.78, 5) is 0. The molecule has 0 rings (SSSR count). The predicted molar refractivity (Wildman–Crippen MR) is 47.0 cm³/mol. The summed E-state index contributed by atoms with van der Waals surface area (Å²) in [5, 5.41) is 0. The molecule has 0 aromatic rings. The van der Waals surface area contributed by atoms with E-state index in [2.05, 4.69) is 39.9 Å². The van der Waals surface area contributed by atoms with Gasteiger partial charge in [-0.1, -0.05) is 0 Å². The molecular formula is C6Cl4O6Ru2. The van der Waals surface area contributed by atoms with Crippen LogP contribution in [0.25, 0.3) is 0 Å². The van der Waals surface area contributed by atoms with E-state index in [9.17, 15) is 0 Å². The summed E-state index contributed by atoms with van der Waals surface area (Å²) in [5.74, 6) is 0. The third kappa shape index (κ3) is 5900. The Morgan fingerprint density at radius 1 is 0.389 bits per heavy atom. The molecule has 0 heterocycles. The SMILES string of the molecule is [C-]#[O+].[C-]#[O+].[C-]#[O+].[C-]#[O+].[C-]#[O+].[C-]#[O+].[Cl][Ru][Cl].[Cl][Ru][Cl]. The van der Waals surface area contributed by atoms with Gasteiger partial charge >= 0.3 is 137 Å². The standard InChI is InChI=1S/6CO.4ClH.2Ru/c6*1-2;;;;;;/h;;;;;;4*1H;;/q;;;;;;;;;;2*+2/p-4. The molecule has 0 saturated carbocycles. The zero-order valence-electron chi connectivity index (χ0n) is 7.67. The first kappa shape index (κ1) is 51.0. The van der Waals surface area contributed by atoms with Crippen LogP contribution < -0.4 is 0 Å². The molecule has 0 fully saturated rings. The van der Waals surface area contributed by atoms with Crippen molar-refractivity contribution in [2.24, 2.45) is 0 Å². The van der Waals surface area contributed by atoms with Gasteiger partial charge < -0.3 is 0 Å². The fraction of sp³-hybridized carbons (Fsp3) is 0. The first-order chi connectivity index (χ1) is 8.83. The third-order valence-corrected chi connectivity index (χ3v) is 0. The number of hydrogen-bond donors (Lipinski definition) is 0. The number of halogens is 4. The van der Waals surface area contributed by atoms with Gasteiger partial charge in [-0.2, -0.15) is 0 Å². The monoisotopic (exact) mass is 512 g/mol. The molecule has 0 aliphatic carbocycles. The van der Waals surface area contributed by atoms with E-state index in [0.29, 0.717) is 0 Å². The maximum absolute atomic E-state index is 7.50. The Balaban J connectivity index is -0.0000000107. The first-order valence-corrected chi connectivity index (χ1v) is 10.7. The Hall–Kier alpha value is 0.847. The second-order valence-electron chi connectivity index (χ2n) is 0.101. The molecule has 0 bridgehead atoms.